The fourth-order valence-electron chi connectivity index (χ4n) is 2.09. The van der Waals surface area contributed by atoms with Crippen LogP contribution in [0, 0.1) is 68.9 Å². The van der Waals surface area contributed by atoms with E-state index in [2.05, 4.69) is 4.74 Å². The van der Waals surface area contributed by atoms with Crippen LogP contribution in [0.3, 0.4) is 0 Å². The average molecular weight is 488 g/mol. The normalized spacial score (nSPS) is 8.65. The molecule has 16 nitrogen and oxygen atoms in total. The Balaban J connectivity index is 0. The average Bonchev–Trinajstić information content (AvgIpc) is 2.78. The molecule has 18 heteroatoms. The standard InChI is InChI=1S/C8H5N3O5.C7H2FN3O4.CH3O.Na/c1-16-5-2-7(10(12)13)6(4-9)8(3-5)11(14)15;8-4-1-6(10(12)13)5(3-9)7(2-4)11(14)15;1-2;/h2-3H,1H3;1-2H;1H3;/q;;-1;+1. The second kappa shape index (κ2) is 14.7. The van der Waals surface area contributed by atoms with Gasteiger partial charge in [-0.15, -0.1) is 0 Å². The van der Waals surface area contributed by atoms with Crippen molar-refractivity contribution in [3.8, 4) is 17.9 Å². The van der Waals surface area contributed by atoms with E-state index in [1.165, 1.54) is 19.2 Å². The Labute approximate surface area is 210 Å². The van der Waals surface area contributed by atoms with Crippen LogP contribution in [0.5, 0.6) is 5.75 Å². The van der Waals surface area contributed by atoms with Crippen molar-refractivity contribution in [1.82, 2.24) is 0 Å². The second-order valence-electron chi connectivity index (χ2n) is 5.11. The largest absolute Gasteiger partial charge is 1.00 e. The third-order valence-corrected chi connectivity index (χ3v) is 3.38. The maximum absolute atomic E-state index is 12.7. The van der Waals surface area contributed by atoms with Crippen LogP contribution in [0.15, 0.2) is 24.3 Å². The first-order chi connectivity index (χ1) is 15.5. The maximum atomic E-state index is 12.7. The van der Waals surface area contributed by atoms with E-state index in [-0.39, 0.29) is 35.3 Å². The third kappa shape index (κ3) is 8.00. The first-order valence-corrected chi connectivity index (χ1v) is 7.82. The molecule has 0 unspecified atom stereocenters. The molecule has 0 bridgehead atoms. The van der Waals surface area contributed by atoms with Gasteiger partial charge in [0.15, 0.2) is 0 Å². The maximum Gasteiger partial charge on any atom is 1.00 e. The van der Waals surface area contributed by atoms with E-state index in [4.69, 9.17) is 15.6 Å². The predicted molar refractivity (Wildman–Crippen MR) is 101 cm³/mol. The third-order valence-electron chi connectivity index (χ3n) is 3.38. The molecule has 0 heterocycles. The van der Waals surface area contributed by atoms with E-state index in [1.54, 1.807) is 0 Å². The van der Waals surface area contributed by atoms with Gasteiger partial charge in [-0.3, -0.25) is 40.5 Å². The Morgan fingerprint density at radius 3 is 1.21 bits per heavy atom. The molecule has 0 atom stereocenters. The van der Waals surface area contributed by atoms with Gasteiger partial charge in [0, 0.05) is 0 Å². The summed E-state index contributed by atoms with van der Waals surface area (Å²) >= 11 is 0. The van der Waals surface area contributed by atoms with E-state index < -0.39 is 59.4 Å². The summed E-state index contributed by atoms with van der Waals surface area (Å²) in [5.41, 5.74) is -4.46. The van der Waals surface area contributed by atoms with Crippen LogP contribution >= 0.6 is 0 Å². The van der Waals surface area contributed by atoms with E-state index in [0.29, 0.717) is 12.1 Å². The summed E-state index contributed by atoms with van der Waals surface area (Å²) in [6.07, 6.45) is 0. The molecule has 2 aromatic carbocycles. The molecule has 0 aliphatic carbocycles. The molecule has 0 radical (unpaired) electrons. The van der Waals surface area contributed by atoms with Gasteiger partial charge in [-0.1, -0.05) is 0 Å². The number of hydrogen-bond donors (Lipinski definition) is 0. The summed E-state index contributed by atoms with van der Waals surface area (Å²) in [4.78, 5) is 38.1. The van der Waals surface area contributed by atoms with Gasteiger partial charge >= 0.3 is 29.6 Å². The molecule has 0 aliphatic rings. The van der Waals surface area contributed by atoms with Crippen molar-refractivity contribution >= 4 is 22.7 Å². The van der Waals surface area contributed by atoms with Gasteiger partial charge < -0.3 is 9.84 Å². The summed E-state index contributed by atoms with van der Waals surface area (Å²) < 4.78 is 17.4. The Morgan fingerprint density at radius 1 is 0.735 bits per heavy atom. The van der Waals surface area contributed by atoms with Gasteiger partial charge in [-0.25, -0.2) is 4.39 Å². The molecular weight excluding hydrogens is 478 g/mol. The SMILES string of the molecule is COc1cc([N+](=O)[O-])c(C#N)c([N+](=O)[O-])c1.C[O-].N#Cc1c([N+](=O)[O-])cc(F)cc1[N+](=O)[O-].[Na+]. The number of nitrogens with zero attached hydrogens (tertiary/aromatic N) is 6. The van der Waals surface area contributed by atoms with Crippen molar-refractivity contribution in [2.24, 2.45) is 0 Å². The van der Waals surface area contributed by atoms with Crippen LogP contribution < -0.4 is 39.4 Å². The zero-order valence-corrected chi connectivity index (χ0v) is 19.5. The molecule has 0 fully saturated rings. The smallest absolute Gasteiger partial charge is 0.857 e. The summed E-state index contributed by atoms with van der Waals surface area (Å²) in [5.74, 6) is -1.18. The topological polar surface area (TPSA) is 252 Å². The molecular formula is C16H10FN6NaO10. The van der Waals surface area contributed by atoms with Crippen LogP contribution in [0.25, 0.3) is 0 Å². The van der Waals surface area contributed by atoms with E-state index in [9.17, 15) is 44.8 Å². The molecule has 34 heavy (non-hydrogen) atoms. The predicted octanol–water partition coefficient (Wildman–Crippen LogP) is -1.12. The number of nitro benzene ring substituents is 4. The molecule has 0 N–H and O–H groups in total. The van der Waals surface area contributed by atoms with Gasteiger partial charge in [0.25, 0.3) is 22.7 Å². The molecule has 2 rings (SSSR count). The van der Waals surface area contributed by atoms with Crippen molar-refractivity contribution in [3.63, 3.8) is 0 Å². The molecule has 0 saturated heterocycles. The monoisotopic (exact) mass is 488 g/mol. The summed E-state index contributed by atoms with van der Waals surface area (Å²) in [7, 11) is 1.97. The molecule has 0 spiro atoms. The van der Waals surface area contributed by atoms with Crippen molar-refractivity contribution in [2.45, 2.75) is 0 Å². The van der Waals surface area contributed by atoms with E-state index in [0.717, 1.165) is 19.2 Å². The number of nitriles is 2. The minimum atomic E-state index is -1.13. The van der Waals surface area contributed by atoms with Crippen molar-refractivity contribution in [2.75, 3.05) is 14.2 Å². The van der Waals surface area contributed by atoms with Gasteiger partial charge in [-0.2, -0.15) is 17.6 Å². The minimum absolute atomic E-state index is 0. The molecule has 0 aliphatic heterocycles. The summed E-state index contributed by atoms with van der Waals surface area (Å²) in [6, 6.07) is 5.60. The number of ether oxygens (including phenoxy) is 1. The van der Waals surface area contributed by atoms with Crippen LogP contribution in [0.4, 0.5) is 27.1 Å². The Bertz CT molecular complexity index is 1120. The summed E-state index contributed by atoms with van der Waals surface area (Å²) in [6.45, 7) is 0. The fourth-order valence-corrected chi connectivity index (χ4v) is 2.09. The molecule has 0 amide bonds. The van der Waals surface area contributed by atoms with Crippen molar-refractivity contribution in [3.05, 3.63) is 81.7 Å². The van der Waals surface area contributed by atoms with Gasteiger partial charge in [-0.05, 0) is 0 Å². The van der Waals surface area contributed by atoms with E-state index >= 15 is 0 Å². The Morgan fingerprint density at radius 2 is 1.00 bits per heavy atom. The number of rotatable bonds is 5. The fraction of sp³-hybridized carbons (Fsp3) is 0.125. The van der Waals surface area contributed by atoms with Crippen molar-refractivity contribution in [1.29, 1.82) is 10.5 Å². The van der Waals surface area contributed by atoms with Gasteiger partial charge in [0.2, 0.25) is 11.1 Å². The zero-order valence-electron chi connectivity index (χ0n) is 17.5. The van der Waals surface area contributed by atoms with Crippen molar-refractivity contribution < 1.29 is 63.5 Å². The molecule has 2 aromatic rings. The number of methoxy groups -OCH3 is 1. The van der Waals surface area contributed by atoms with E-state index in [1.807, 2.05) is 0 Å². The zero-order chi connectivity index (χ0) is 25.9. The molecule has 172 valence electrons. The molecule has 0 saturated carbocycles. The van der Waals surface area contributed by atoms with Gasteiger partial charge in [0.05, 0.1) is 51.1 Å². The second-order valence-corrected chi connectivity index (χ2v) is 5.11. The number of nitro groups is 4. The number of halogens is 1. The first kappa shape index (κ1) is 31.9. The number of hydrogen-bond acceptors (Lipinski definition) is 12. The van der Waals surface area contributed by atoms with Gasteiger partial charge in [0.1, 0.15) is 23.7 Å². The van der Waals surface area contributed by atoms with Crippen LogP contribution in [0.2, 0.25) is 0 Å². The minimum Gasteiger partial charge on any atom is -0.857 e. The number of benzene rings is 2. The van der Waals surface area contributed by atoms with Crippen LogP contribution in [-0.2, 0) is 0 Å². The quantitative estimate of drug-likeness (QED) is 0.275. The molecule has 0 aromatic heterocycles. The summed E-state index contributed by atoms with van der Waals surface area (Å²) in [5, 5.41) is 67.4. The Hall–Kier alpha value is -4.29. The van der Waals surface area contributed by atoms with Crippen LogP contribution in [-0.4, -0.2) is 33.9 Å². The Kier molecular flexibility index (Phi) is 13.8. The van der Waals surface area contributed by atoms with Crippen LogP contribution in [0.1, 0.15) is 11.1 Å². The first-order valence-electron chi connectivity index (χ1n) is 7.82.